The van der Waals surface area contributed by atoms with Crippen molar-refractivity contribution in [2.24, 2.45) is 5.73 Å². The summed E-state index contributed by atoms with van der Waals surface area (Å²) in [5.74, 6) is -1.21. The van der Waals surface area contributed by atoms with Gasteiger partial charge in [-0.15, -0.1) is 0 Å². The van der Waals surface area contributed by atoms with Crippen molar-refractivity contribution < 1.29 is 37.5 Å². The van der Waals surface area contributed by atoms with E-state index in [1.807, 2.05) is 0 Å². The number of aliphatic hydroxyl groups is 3. The van der Waals surface area contributed by atoms with Gasteiger partial charge in [-0.2, -0.15) is 18.4 Å². The fraction of sp³-hybridized carbons (Fsp3) is 0.538. The van der Waals surface area contributed by atoms with E-state index in [4.69, 9.17) is 32.9 Å². The van der Waals surface area contributed by atoms with E-state index in [0.717, 1.165) is 0 Å². The summed E-state index contributed by atoms with van der Waals surface area (Å²) in [6, 6.07) is -1.47. The van der Waals surface area contributed by atoms with Crippen molar-refractivity contribution in [3.8, 4) is 0 Å². The molecule has 0 saturated carbocycles. The van der Waals surface area contributed by atoms with E-state index in [-0.39, 0.29) is 22.3 Å². The summed E-state index contributed by atoms with van der Waals surface area (Å²) in [5, 5.41) is 29.1. The van der Waals surface area contributed by atoms with Crippen LogP contribution in [-0.4, -0.2) is 86.7 Å². The quantitative estimate of drug-likeness (QED) is 0.216. The van der Waals surface area contributed by atoms with Crippen molar-refractivity contribution in [2.45, 2.75) is 30.6 Å². The number of ether oxygens (including phenoxy) is 1. The van der Waals surface area contributed by atoms with Crippen LogP contribution in [0.2, 0.25) is 5.28 Å². The van der Waals surface area contributed by atoms with Gasteiger partial charge in [-0.05, 0) is 11.6 Å². The number of imidazole rings is 1. The van der Waals surface area contributed by atoms with Gasteiger partial charge in [0.25, 0.3) is 5.91 Å². The summed E-state index contributed by atoms with van der Waals surface area (Å²) in [5.41, 5.74) is 11.2. The zero-order valence-corrected chi connectivity index (χ0v) is 16.6. The maximum absolute atomic E-state index is 11.8. The Labute approximate surface area is 173 Å². The van der Waals surface area contributed by atoms with Crippen LogP contribution in [0.5, 0.6) is 0 Å². The van der Waals surface area contributed by atoms with Crippen molar-refractivity contribution in [1.29, 1.82) is 0 Å². The number of nitrogens with zero attached hydrogens (tertiary/aromatic N) is 4. The number of nitrogens with two attached hydrogens (primary N) is 2. The number of anilines is 1. The van der Waals surface area contributed by atoms with Gasteiger partial charge in [-0.1, -0.05) is 0 Å². The monoisotopic (exact) mass is 467 g/mol. The summed E-state index contributed by atoms with van der Waals surface area (Å²) in [7, 11) is -4.62. The van der Waals surface area contributed by atoms with Gasteiger partial charge in [0.15, 0.2) is 17.7 Å². The summed E-state index contributed by atoms with van der Waals surface area (Å²) < 4.78 is 36.5. The Balaban J connectivity index is 1.73. The number of carbonyl (C=O) groups is 1. The lowest BCUT2D eigenvalue weighted by Gasteiger charge is -2.16. The number of nitrogen functional groups attached to an aromatic ring is 1. The minimum absolute atomic E-state index is 0.0143. The van der Waals surface area contributed by atoms with Gasteiger partial charge in [-0.3, -0.25) is 13.5 Å². The molecule has 2 aromatic heterocycles. The van der Waals surface area contributed by atoms with Gasteiger partial charge >= 0.3 is 10.3 Å². The van der Waals surface area contributed by atoms with Crippen LogP contribution in [0.25, 0.3) is 11.2 Å². The Morgan fingerprint density at radius 1 is 1.40 bits per heavy atom. The Morgan fingerprint density at radius 3 is 2.77 bits per heavy atom. The van der Waals surface area contributed by atoms with Gasteiger partial charge in [0.05, 0.1) is 19.5 Å². The van der Waals surface area contributed by atoms with E-state index < -0.39 is 60.0 Å². The molecule has 1 saturated heterocycles. The lowest BCUT2D eigenvalue weighted by Crippen LogP contribution is -2.46. The van der Waals surface area contributed by atoms with Gasteiger partial charge in [0.2, 0.25) is 5.28 Å². The molecule has 0 aromatic carbocycles. The minimum atomic E-state index is -4.62. The van der Waals surface area contributed by atoms with Crippen LogP contribution in [0.4, 0.5) is 5.82 Å². The van der Waals surface area contributed by atoms with Crippen LogP contribution in [0, 0.1) is 0 Å². The first kappa shape index (κ1) is 22.5. The summed E-state index contributed by atoms with van der Waals surface area (Å²) in [4.78, 5) is 23.2. The number of halogens is 1. The Bertz CT molecular complexity index is 1050. The van der Waals surface area contributed by atoms with Crippen LogP contribution < -0.4 is 16.2 Å². The number of fused-ring (bicyclic) bond motifs is 1. The molecule has 0 aliphatic carbocycles. The fourth-order valence-corrected chi connectivity index (χ4v) is 3.60. The van der Waals surface area contributed by atoms with Crippen molar-refractivity contribution in [3.63, 3.8) is 0 Å². The highest BCUT2D eigenvalue weighted by Crippen LogP contribution is 2.32. The standard InChI is InChI=1S/C13H18ClN7O8S/c14-13-18-9(16)6-10(19-13)21(3-17-6)12-8(24)7(23)5(29-12)2-28-30(26,27)20-11(25)4(15)1-22/h3-5,7-8,12,22-24H,1-2,15H2,(H,20,25)(H2,16,18,19)/t4-,5+,7+,8+,12+/m0/s1. The summed E-state index contributed by atoms with van der Waals surface area (Å²) >= 11 is 5.79. The van der Waals surface area contributed by atoms with Crippen LogP contribution in [-0.2, 0) is 24.0 Å². The van der Waals surface area contributed by atoms with Gasteiger partial charge in [0, 0.05) is 0 Å². The number of rotatable bonds is 7. The third-order valence-corrected chi connectivity index (χ3v) is 5.25. The van der Waals surface area contributed by atoms with E-state index in [0.29, 0.717) is 0 Å². The average molecular weight is 468 g/mol. The second-order valence-corrected chi connectivity index (χ2v) is 7.93. The van der Waals surface area contributed by atoms with Crippen molar-refractivity contribution in [1.82, 2.24) is 24.2 Å². The normalized spacial score (nSPS) is 25.5. The van der Waals surface area contributed by atoms with Crippen LogP contribution >= 0.6 is 11.6 Å². The zero-order chi connectivity index (χ0) is 22.2. The molecular weight excluding hydrogens is 450 g/mol. The fourth-order valence-electron chi connectivity index (χ4n) is 2.66. The molecule has 0 unspecified atom stereocenters. The second kappa shape index (κ2) is 8.52. The molecule has 3 heterocycles. The lowest BCUT2D eigenvalue weighted by molar-refractivity contribution is -0.121. The molecule has 8 N–H and O–H groups in total. The number of amides is 1. The molecule has 30 heavy (non-hydrogen) atoms. The Morgan fingerprint density at radius 2 is 2.10 bits per heavy atom. The van der Waals surface area contributed by atoms with E-state index >= 15 is 0 Å². The van der Waals surface area contributed by atoms with E-state index in [2.05, 4.69) is 19.1 Å². The van der Waals surface area contributed by atoms with Crippen molar-refractivity contribution in [2.75, 3.05) is 18.9 Å². The first-order valence-electron chi connectivity index (χ1n) is 8.28. The highest BCUT2D eigenvalue weighted by atomic mass is 35.5. The van der Waals surface area contributed by atoms with E-state index in [9.17, 15) is 23.4 Å². The molecule has 1 fully saturated rings. The summed E-state index contributed by atoms with van der Waals surface area (Å²) in [6.07, 6.45) is -4.40. The molecule has 1 aliphatic heterocycles. The average Bonchev–Trinajstić information content (AvgIpc) is 3.21. The van der Waals surface area contributed by atoms with Crippen LogP contribution in [0.1, 0.15) is 6.23 Å². The molecule has 15 nitrogen and oxygen atoms in total. The third-order valence-electron chi connectivity index (χ3n) is 4.18. The molecule has 1 aliphatic rings. The first-order valence-corrected chi connectivity index (χ1v) is 10.1. The van der Waals surface area contributed by atoms with Gasteiger partial charge in [-0.25, -0.2) is 9.71 Å². The molecule has 1 amide bonds. The lowest BCUT2D eigenvalue weighted by atomic mass is 10.1. The zero-order valence-electron chi connectivity index (χ0n) is 15.0. The molecule has 0 radical (unpaired) electrons. The van der Waals surface area contributed by atoms with Crippen LogP contribution in [0.15, 0.2) is 6.33 Å². The number of aliphatic hydroxyl groups excluding tert-OH is 3. The Kier molecular flexibility index (Phi) is 6.39. The summed E-state index contributed by atoms with van der Waals surface area (Å²) in [6.45, 7) is -1.53. The number of carbonyl (C=O) groups excluding carboxylic acids is 1. The largest absolute Gasteiger partial charge is 0.394 e. The molecule has 5 atom stereocenters. The molecule has 17 heteroatoms. The maximum atomic E-state index is 11.8. The topological polar surface area (TPSA) is 238 Å². The first-order chi connectivity index (χ1) is 14.0. The number of aromatic nitrogens is 4. The predicted molar refractivity (Wildman–Crippen MR) is 98.7 cm³/mol. The van der Waals surface area contributed by atoms with Crippen LogP contribution in [0.3, 0.4) is 0 Å². The smallest absolute Gasteiger partial charge is 0.362 e. The van der Waals surface area contributed by atoms with Gasteiger partial charge < -0.3 is 31.5 Å². The number of nitrogens with one attached hydrogen (secondary N) is 1. The van der Waals surface area contributed by atoms with E-state index in [1.54, 1.807) is 0 Å². The van der Waals surface area contributed by atoms with Gasteiger partial charge in [0.1, 0.15) is 29.9 Å². The molecule has 2 aromatic rings. The molecule has 3 rings (SSSR count). The third kappa shape index (κ3) is 4.44. The molecule has 166 valence electrons. The number of hydrogen-bond donors (Lipinski definition) is 6. The molecule has 0 bridgehead atoms. The SMILES string of the molecule is Nc1nc(Cl)nc2c1ncn2[C@@H]1O[C@H](COS(=O)(=O)NC(=O)[C@@H](N)CO)[C@@H](O)[C@H]1O. The number of hydrogen-bond acceptors (Lipinski definition) is 13. The van der Waals surface area contributed by atoms with E-state index in [1.165, 1.54) is 15.6 Å². The minimum Gasteiger partial charge on any atom is -0.394 e. The highest BCUT2D eigenvalue weighted by molar-refractivity contribution is 7.85. The van der Waals surface area contributed by atoms with Crippen molar-refractivity contribution in [3.05, 3.63) is 11.6 Å². The second-order valence-electron chi connectivity index (χ2n) is 6.24. The Hall–Kier alpha value is -2.18. The van der Waals surface area contributed by atoms with Crippen molar-refractivity contribution >= 4 is 44.8 Å². The maximum Gasteiger partial charge on any atom is 0.362 e. The predicted octanol–water partition coefficient (Wildman–Crippen LogP) is -3.62. The highest BCUT2D eigenvalue weighted by Gasteiger charge is 2.45. The molecule has 0 spiro atoms. The molecular formula is C13H18ClN7O8S.